The average Bonchev–Trinajstić information content (AvgIpc) is 3.87. The minimum atomic E-state index is -0.424. The van der Waals surface area contributed by atoms with Crippen LogP contribution in [-0.2, 0) is 0 Å². The Bertz CT molecular complexity index is 3630. The maximum absolute atomic E-state index is 9.93. The normalized spacial score (nSPS) is 13.3. The molecule has 0 saturated heterocycles. The van der Waals surface area contributed by atoms with E-state index in [1.807, 2.05) is 109 Å². The average molecular weight is 720 g/mol. The first-order valence-electron chi connectivity index (χ1n) is 22.2. The van der Waals surface area contributed by atoms with Gasteiger partial charge in [-0.2, -0.15) is 0 Å². The number of hydrogen-bond acceptors (Lipinski definition) is 0. The second-order valence-electron chi connectivity index (χ2n) is 14.0. The molecule has 0 fully saturated rings. The lowest BCUT2D eigenvalue weighted by molar-refractivity contribution is 1.18. The minimum absolute atomic E-state index is 0.0809. The number of para-hydroxylation sites is 1. The van der Waals surface area contributed by atoms with E-state index >= 15 is 0 Å². The number of fused-ring (bicyclic) bond motifs is 6. The van der Waals surface area contributed by atoms with Crippen molar-refractivity contribution in [2.45, 2.75) is 0 Å². The van der Waals surface area contributed by atoms with E-state index in [0.29, 0.717) is 11.3 Å². The Morgan fingerprint density at radius 1 is 0.286 bits per heavy atom. The van der Waals surface area contributed by atoms with Crippen LogP contribution < -0.4 is 0 Å². The molecule has 0 aliphatic heterocycles. The third-order valence-electron chi connectivity index (χ3n) is 10.7. The molecule has 0 radical (unpaired) electrons. The van der Waals surface area contributed by atoms with Gasteiger partial charge in [0.05, 0.1) is 31.7 Å². The van der Waals surface area contributed by atoms with Gasteiger partial charge in [-0.1, -0.05) is 152 Å². The number of nitrogens with zero attached hydrogens (tertiary/aromatic N) is 2. The molecule has 56 heavy (non-hydrogen) atoms. The molecule has 2 heteroatoms. The van der Waals surface area contributed by atoms with E-state index in [1.165, 1.54) is 0 Å². The summed E-state index contributed by atoms with van der Waals surface area (Å²) in [5.74, 6) is 0. The predicted octanol–water partition coefficient (Wildman–Crippen LogP) is 14.5. The second kappa shape index (κ2) is 13.2. The molecule has 11 aromatic rings. The maximum Gasteiger partial charge on any atom is 0.0645 e. The molecule has 2 aromatic heterocycles. The van der Waals surface area contributed by atoms with Crippen LogP contribution in [0, 0.1) is 0 Å². The van der Waals surface area contributed by atoms with Crippen molar-refractivity contribution in [2.75, 3.05) is 0 Å². The zero-order valence-corrected chi connectivity index (χ0v) is 30.1. The zero-order valence-electron chi connectivity index (χ0n) is 37.1. The smallest absolute Gasteiger partial charge is 0.0645 e. The van der Waals surface area contributed by atoms with Crippen LogP contribution in [0.3, 0.4) is 0 Å². The van der Waals surface area contributed by atoms with Crippen LogP contribution in [0.1, 0.15) is 9.60 Å². The lowest BCUT2D eigenvalue weighted by Gasteiger charge is -2.11. The molecule has 0 amide bonds. The van der Waals surface area contributed by atoms with Crippen molar-refractivity contribution in [2.24, 2.45) is 0 Å². The highest BCUT2D eigenvalue weighted by Crippen LogP contribution is 2.40. The van der Waals surface area contributed by atoms with Gasteiger partial charge in [0.25, 0.3) is 0 Å². The molecule has 0 aliphatic carbocycles. The van der Waals surface area contributed by atoms with Crippen LogP contribution >= 0.6 is 0 Å². The first-order chi connectivity index (χ1) is 30.7. The summed E-state index contributed by atoms with van der Waals surface area (Å²) in [7, 11) is 0. The van der Waals surface area contributed by atoms with Crippen molar-refractivity contribution in [3.05, 3.63) is 218 Å². The molecular formula is C54H36N2. The summed E-state index contributed by atoms with van der Waals surface area (Å²) in [4.78, 5) is 0. The molecule has 0 bridgehead atoms. The van der Waals surface area contributed by atoms with E-state index in [-0.39, 0.29) is 57.6 Å². The molecule has 0 aliphatic rings. The summed E-state index contributed by atoms with van der Waals surface area (Å²) >= 11 is 0. The van der Waals surface area contributed by atoms with E-state index in [4.69, 9.17) is 2.74 Å². The summed E-state index contributed by atoms with van der Waals surface area (Å²) in [5.41, 5.74) is 10.7. The van der Waals surface area contributed by atoms with Crippen molar-refractivity contribution in [3.8, 4) is 55.9 Å². The highest BCUT2D eigenvalue weighted by molar-refractivity contribution is 6.13. The first kappa shape index (κ1) is 25.6. The Morgan fingerprint density at radius 3 is 1.29 bits per heavy atom. The molecule has 0 spiro atoms. The fraction of sp³-hybridized carbons (Fsp3) is 0. The van der Waals surface area contributed by atoms with Crippen molar-refractivity contribution < 1.29 is 9.60 Å². The highest BCUT2D eigenvalue weighted by Gasteiger charge is 2.17. The SMILES string of the molecule is [2H]c1c([2H])c([2H])c2c(c1[2H])c1c([2H])c(-c3ccc4c(c3)c3cc(-c5ccccc5)ccc3n4-c3cccc(-c4ccccc4)c3)c([2H])c([2H])c1n2-c1cccc(-c2ccccc2)c1. The van der Waals surface area contributed by atoms with Crippen molar-refractivity contribution in [1.29, 1.82) is 0 Å². The highest BCUT2D eigenvalue weighted by atomic mass is 15.0. The topological polar surface area (TPSA) is 9.86 Å². The molecule has 0 saturated carbocycles. The summed E-state index contributed by atoms with van der Waals surface area (Å²) in [6.07, 6.45) is 0. The third-order valence-corrected chi connectivity index (χ3v) is 10.7. The Hall–Kier alpha value is -7.42. The van der Waals surface area contributed by atoms with Gasteiger partial charge in [-0.3, -0.25) is 0 Å². The quantitative estimate of drug-likeness (QED) is 0.162. The fourth-order valence-corrected chi connectivity index (χ4v) is 8.09. The zero-order chi connectivity index (χ0) is 43.1. The summed E-state index contributed by atoms with van der Waals surface area (Å²) in [6.45, 7) is 0. The molecule has 262 valence electrons. The summed E-state index contributed by atoms with van der Waals surface area (Å²) in [5, 5.41) is 2.22. The molecule has 2 heterocycles. The standard InChI is InChI=1S/C54H36N2/c1-4-14-37(15-5-1)40-20-12-22-45(32-40)55-51-25-11-10-24-47(51)48-35-43(27-30-52(48)55)44-28-31-54-50(36-44)49-34-42(39-18-8-3-9-19-39)26-29-53(49)56(54)46-23-13-21-41(33-46)38-16-6-2-7-17-38/h1-36H/i10D,11D,24D,25D,27D,30D,35D. The lowest BCUT2D eigenvalue weighted by atomic mass is 9.99. The number of aromatic nitrogens is 2. The molecule has 0 unspecified atom stereocenters. The van der Waals surface area contributed by atoms with Crippen molar-refractivity contribution in [1.82, 2.24) is 9.13 Å². The Morgan fingerprint density at radius 2 is 0.732 bits per heavy atom. The van der Waals surface area contributed by atoms with Gasteiger partial charge in [0.1, 0.15) is 0 Å². The summed E-state index contributed by atoms with van der Waals surface area (Å²) < 4.78 is 68.9. The van der Waals surface area contributed by atoms with Crippen LogP contribution in [0.15, 0.2) is 218 Å². The van der Waals surface area contributed by atoms with Gasteiger partial charge in [0.2, 0.25) is 0 Å². The van der Waals surface area contributed by atoms with E-state index in [0.717, 1.165) is 60.9 Å². The van der Waals surface area contributed by atoms with Crippen LogP contribution in [0.5, 0.6) is 0 Å². The van der Waals surface area contributed by atoms with Gasteiger partial charge in [-0.05, 0) is 111 Å². The molecule has 0 N–H and O–H groups in total. The Labute approximate surface area is 335 Å². The van der Waals surface area contributed by atoms with E-state index in [9.17, 15) is 6.85 Å². The number of benzene rings is 9. The monoisotopic (exact) mass is 719 g/mol. The number of hydrogen-bond donors (Lipinski definition) is 0. The lowest BCUT2D eigenvalue weighted by Crippen LogP contribution is -1.94. The van der Waals surface area contributed by atoms with Crippen molar-refractivity contribution in [3.63, 3.8) is 0 Å². The van der Waals surface area contributed by atoms with Gasteiger partial charge in [0, 0.05) is 32.9 Å². The third kappa shape index (κ3) is 5.34. The largest absolute Gasteiger partial charge is 0.309 e. The Kier molecular flexibility index (Phi) is 6.01. The fourth-order valence-electron chi connectivity index (χ4n) is 8.09. The van der Waals surface area contributed by atoms with Crippen LogP contribution in [0.2, 0.25) is 0 Å². The minimum Gasteiger partial charge on any atom is -0.309 e. The first-order valence-corrected chi connectivity index (χ1v) is 18.7. The van der Waals surface area contributed by atoms with E-state index in [1.54, 1.807) is 4.57 Å². The molecular weight excluding hydrogens is 677 g/mol. The van der Waals surface area contributed by atoms with Crippen LogP contribution in [-0.4, -0.2) is 9.13 Å². The van der Waals surface area contributed by atoms with Crippen molar-refractivity contribution >= 4 is 43.6 Å². The van der Waals surface area contributed by atoms with E-state index < -0.39 is 12.1 Å². The van der Waals surface area contributed by atoms with Gasteiger partial charge >= 0.3 is 0 Å². The molecule has 9 aromatic carbocycles. The molecule has 11 rings (SSSR count). The Balaban J connectivity index is 1.19. The maximum atomic E-state index is 9.93. The van der Waals surface area contributed by atoms with E-state index in [2.05, 4.69) is 71.3 Å². The van der Waals surface area contributed by atoms with Gasteiger partial charge in [0.15, 0.2) is 0 Å². The molecule has 2 nitrogen and oxygen atoms in total. The van der Waals surface area contributed by atoms with Gasteiger partial charge in [-0.25, -0.2) is 0 Å². The second-order valence-corrected chi connectivity index (χ2v) is 14.0. The predicted molar refractivity (Wildman–Crippen MR) is 237 cm³/mol. The molecule has 0 atom stereocenters. The summed E-state index contributed by atoms with van der Waals surface area (Å²) in [6, 6.07) is 56.8. The number of rotatable bonds is 6. The van der Waals surface area contributed by atoms with Gasteiger partial charge in [-0.15, -0.1) is 0 Å². The van der Waals surface area contributed by atoms with Gasteiger partial charge < -0.3 is 9.13 Å². The van der Waals surface area contributed by atoms with Crippen LogP contribution in [0.4, 0.5) is 0 Å². The van der Waals surface area contributed by atoms with Crippen LogP contribution in [0.25, 0.3) is 99.5 Å².